The highest BCUT2D eigenvalue weighted by molar-refractivity contribution is 5.94. The first-order chi connectivity index (χ1) is 10.9. The minimum atomic E-state index is -0.369. The zero-order valence-corrected chi connectivity index (χ0v) is 14.8. The molecule has 1 fully saturated rings. The lowest BCUT2D eigenvalue weighted by molar-refractivity contribution is -0.124. The molecule has 1 saturated heterocycles. The van der Waals surface area contributed by atoms with Gasteiger partial charge in [0.15, 0.2) is 0 Å². The van der Waals surface area contributed by atoms with Gasteiger partial charge in [-0.3, -0.25) is 9.69 Å². The summed E-state index contributed by atoms with van der Waals surface area (Å²) in [5.74, 6) is 0.682. The van der Waals surface area contributed by atoms with Crippen LogP contribution in [-0.2, 0) is 16.1 Å². The van der Waals surface area contributed by atoms with Gasteiger partial charge < -0.3 is 10.1 Å². The maximum Gasteiger partial charge on any atom is 0.231 e. The average Bonchev–Trinajstić information content (AvgIpc) is 2.51. The first kappa shape index (κ1) is 17.9. The van der Waals surface area contributed by atoms with Crippen molar-refractivity contribution < 1.29 is 9.53 Å². The zero-order chi connectivity index (χ0) is 16.9. The summed E-state index contributed by atoms with van der Waals surface area (Å²) in [5, 5.41) is 2.98. The van der Waals surface area contributed by atoms with Gasteiger partial charge in [-0.2, -0.15) is 0 Å². The van der Waals surface area contributed by atoms with Crippen LogP contribution in [0.25, 0.3) is 0 Å². The molecule has 1 aromatic rings. The molecule has 5 nitrogen and oxygen atoms in total. The van der Waals surface area contributed by atoms with E-state index < -0.39 is 0 Å². The molecule has 1 aromatic heterocycles. The number of hydrogen-bond acceptors (Lipinski definition) is 4. The summed E-state index contributed by atoms with van der Waals surface area (Å²) in [4.78, 5) is 19.2. The fourth-order valence-electron chi connectivity index (χ4n) is 2.83. The number of anilines is 1. The second-order valence-electron chi connectivity index (χ2n) is 6.97. The summed E-state index contributed by atoms with van der Waals surface area (Å²) in [6.07, 6.45) is 3.70. The Morgan fingerprint density at radius 2 is 2.09 bits per heavy atom. The van der Waals surface area contributed by atoms with Crippen molar-refractivity contribution in [2.75, 3.05) is 31.6 Å². The van der Waals surface area contributed by atoms with Crippen LogP contribution in [0.4, 0.5) is 5.82 Å². The van der Waals surface area contributed by atoms with Crippen molar-refractivity contribution in [2.24, 2.45) is 5.41 Å². The van der Waals surface area contributed by atoms with Crippen LogP contribution in [-0.4, -0.2) is 42.1 Å². The lowest BCUT2D eigenvalue weighted by Gasteiger charge is -2.27. The number of carbonyl (C=O) groups is 1. The van der Waals surface area contributed by atoms with Crippen LogP contribution in [0, 0.1) is 12.3 Å². The number of amides is 1. The lowest BCUT2D eigenvalue weighted by Crippen LogP contribution is -2.36. The van der Waals surface area contributed by atoms with E-state index in [4.69, 9.17) is 4.74 Å². The molecule has 0 unspecified atom stereocenters. The molecule has 2 rings (SSSR count). The molecule has 23 heavy (non-hydrogen) atoms. The SMILES string of the molecule is CCCC(C)(C)C(=O)Nc1cc(CN2CCOCC2)c(C)cn1. The summed E-state index contributed by atoms with van der Waals surface area (Å²) in [6.45, 7) is 12.5. The number of morpholine rings is 1. The smallest absolute Gasteiger partial charge is 0.231 e. The average molecular weight is 319 g/mol. The van der Waals surface area contributed by atoms with Gasteiger partial charge in [-0.05, 0) is 30.5 Å². The van der Waals surface area contributed by atoms with E-state index in [-0.39, 0.29) is 11.3 Å². The Bertz CT molecular complexity index is 537. The Morgan fingerprint density at radius 3 is 2.74 bits per heavy atom. The fraction of sp³-hybridized carbons (Fsp3) is 0.667. The summed E-state index contributed by atoms with van der Waals surface area (Å²) in [7, 11) is 0. The largest absolute Gasteiger partial charge is 0.379 e. The second kappa shape index (κ2) is 7.88. The van der Waals surface area contributed by atoms with Gasteiger partial charge in [-0.15, -0.1) is 0 Å². The minimum absolute atomic E-state index is 0.0352. The van der Waals surface area contributed by atoms with Crippen LogP contribution in [0.3, 0.4) is 0 Å². The molecule has 0 saturated carbocycles. The first-order valence-electron chi connectivity index (χ1n) is 8.49. The highest BCUT2D eigenvalue weighted by Gasteiger charge is 2.26. The number of nitrogens with one attached hydrogen (secondary N) is 1. The Labute approximate surface area is 139 Å². The van der Waals surface area contributed by atoms with E-state index in [9.17, 15) is 4.79 Å². The van der Waals surface area contributed by atoms with Gasteiger partial charge in [0.1, 0.15) is 5.82 Å². The summed E-state index contributed by atoms with van der Waals surface area (Å²) < 4.78 is 5.39. The lowest BCUT2D eigenvalue weighted by atomic mass is 9.87. The Kier molecular flexibility index (Phi) is 6.13. The van der Waals surface area contributed by atoms with Gasteiger partial charge in [-0.25, -0.2) is 4.98 Å². The van der Waals surface area contributed by atoms with E-state index in [1.807, 2.05) is 26.1 Å². The number of aromatic nitrogens is 1. The highest BCUT2D eigenvalue weighted by Crippen LogP contribution is 2.24. The first-order valence-corrected chi connectivity index (χ1v) is 8.49. The van der Waals surface area contributed by atoms with E-state index in [1.165, 1.54) is 5.56 Å². The van der Waals surface area contributed by atoms with E-state index >= 15 is 0 Å². The maximum absolute atomic E-state index is 12.4. The molecule has 5 heteroatoms. The number of nitrogens with zero attached hydrogens (tertiary/aromatic N) is 2. The van der Waals surface area contributed by atoms with E-state index in [0.717, 1.165) is 51.3 Å². The number of ether oxygens (including phenoxy) is 1. The third kappa shape index (κ3) is 5.01. The number of pyridine rings is 1. The van der Waals surface area contributed by atoms with Crippen molar-refractivity contribution in [3.8, 4) is 0 Å². The van der Waals surface area contributed by atoms with Crippen molar-refractivity contribution in [3.05, 3.63) is 23.4 Å². The molecule has 1 aliphatic heterocycles. The molecular formula is C18H29N3O2. The van der Waals surface area contributed by atoms with Crippen LogP contribution in [0.1, 0.15) is 44.7 Å². The molecule has 0 aromatic carbocycles. The molecule has 1 amide bonds. The van der Waals surface area contributed by atoms with E-state index in [0.29, 0.717) is 5.82 Å². The molecule has 0 spiro atoms. The molecule has 1 N–H and O–H groups in total. The summed E-state index contributed by atoms with van der Waals surface area (Å²) in [5.41, 5.74) is 2.00. The van der Waals surface area contributed by atoms with Gasteiger partial charge in [0.25, 0.3) is 0 Å². The Hall–Kier alpha value is -1.46. The highest BCUT2D eigenvalue weighted by atomic mass is 16.5. The molecule has 0 atom stereocenters. The van der Waals surface area contributed by atoms with Crippen LogP contribution in [0.15, 0.2) is 12.3 Å². The van der Waals surface area contributed by atoms with Gasteiger partial charge in [0.05, 0.1) is 13.2 Å². The zero-order valence-electron chi connectivity index (χ0n) is 14.8. The third-order valence-corrected chi connectivity index (χ3v) is 4.44. The van der Waals surface area contributed by atoms with Crippen molar-refractivity contribution in [2.45, 2.75) is 47.1 Å². The Balaban J connectivity index is 2.05. The van der Waals surface area contributed by atoms with Gasteiger partial charge in [0.2, 0.25) is 5.91 Å². The quantitative estimate of drug-likeness (QED) is 0.876. The van der Waals surface area contributed by atoms with Crippen LogP contribution < -0.4 is 5.32 Å². The third-order valence-electron chi connectivity index (χ3n) is 4.44. The van der Waals surface area contributed by atoms with Crippen molar-refractivity contribution in [1.29, 1.82) is 0 Å². The molecule has 128 valence electrons. The van der Waals surface area contributed by atoms with E-state index in [1.54, 1.807) is 0 Å². The predicted molar refractivity (Wildman–Crippen MR) is 92.4 cm³/mol. The molecule has 2 heterocycles. The molecule has 0 aliphatic carbocycles. The maximum atomic E-state index is 12.4. The summed E-state index contributed by atoms with van der Waals surface area (Å²) in [6, 6.07) is 2.00. The van der Waals surface area contributed by atoms with Crippen molar-refractivity contribution in [3.63, 3.8) is 0 Å². The number of carbonyl (C=O) groups excluding carboxylic acids is 1. The van der Waals surface area contributed by atoms with Crippen LogP contribution in [0.2, 0.25) is 0 Å². The van der Waals surface area contributed by atoms with Gasteiger partial charge in [-0.1, -0.05) is 27.2 Å². The van der Waals surface area contributed by atoms with Crippen molar-refractivity contribution >= 4 is 11.7 Å². The fourth-order valence-corrected chi connectivity index (χ4v) is 2.83. The Morgan fingerprint density at radius 1 is 1.39 bits per heavy atom. The topological polar surface area (TPSA) is 54.5 Å². The monoisotopic (exact) mass is 319 g/mol. The van der Waals surface area contributed by atoms with Crippen LogP contribution >= 0.6 is 0 Å². The predicted octanol–water partition coefficient (Wildman–Crippen LogP) is 2.99. The molecular weight excluding hydrogens is 290 g/mol. The van der Waals surface area contributed by atoms with E-state index in [2.05, 4.69) is 29.0 Å². The molecule has 0 bridgehead atoms. The standard InChI is InChI=1S/C18H29N3O2/c1-5-6-18(3,4)17(22)20-16-11-15(14(2)12-19-16)13-21-7-9-23-10-8-21/h11-12H,5-10,13H2,1-4H3,(H,19,20,22). The second-order valence-corrected chi connectivity index (χ2v) is 6.97. The molecule has 0 radical (unpaired) electrons. The van der Waals surface area contributed by atoms with Crippen molar-refractivity contribution in [1.82, 2.24) is 9.88 Å². The minimum Gasteiger partial charge on any atom is -0.379 e. The molecule has 1 aliphatic rings. The normalized spacial score (nSPS) is 16.3. The summed E-state index contributed by atoms with van der Waals surface area (Å²) >= 11 is 0. The van der Waals surface area contributed by atoms with Gasteiger partial charge in [0, 0.05) is 31.2 Å². The van der Waals surface area contributed by atoms with Gasteiger partial charge >= 0.3 is 0 Å². The number of hydrogen-bond donors (Lipinski definition) is 1. The number of aryl methyl sites for hydroxylation is 1. The number of rotatable bonds is 6. The van der Waals surface area contributed by atoms with Crippen LogP contribution in [0.5, 0.6) is 0 Å².